The van der Waals surface area contributed by atoms with Gasteiger partial charge < -0.3 is 5.32 Å². The summed E-state index contributed by atoms with van der Waals surface area (Å²) in [5, 5.41) is 2.90. The van der Waals surface area contributed by atoms with Crippen LogP contribution in [0.25, 0.3) is 10.9 Å². The van der Waals surface area contributed by atoms with Crippen molar-refractivity contribution < 1.29 is 22.4 Å². The molecule has 0 spiro atoms. The van der Waals surface area contributed by atoms with Crippen LogP contribution in [0.4, 0.5) is 23.2 Å². The first-order chi connectivity index (χ1) is 11.0. The highest BCUT2D eigenvalue weighted by Crippen LogP contribution is 2.24. The number of nitrogens with one attached hydrogen (secondary N) is 1. The van der Waals surface area contributed by atoms with Crippen LogP contribution in [0.3, 0.4) is 0 Å². The Labute approximate surface area is 127 Å². The minimum atomic E-state index is -2.03. The SMILES string of the molecule is O=C(Nc1cccc2ncccc12)c1cc(F)c(F)c(F)c1F. The molecule has 0 unspecified atom stereocenters. The van der Waals surface area contributed by atoms with Gasteiger partial charge in [0.25, 0.3) is 5.91 Å². The monoisotopic (exact) mass is 320 g/mol. The van der Waals surface area contributed by atoms with E-state index in [2.05, 4.69) is 10.3 Å². The normalized spacial score (nSPS) is 10.8. The topological polar surface area (TPSA) is 42.0 Å². The Morgan fingerprint density at radius 2 is 1.74 bits per heavy atom. The van der Waals surface area contributed by atoms with Crippen LogP contribution in [0, 0.1) is 23.3 Å². The van der Waals surface area contributed by atoms with Crippen LogP contribution in [0.15, 0.2) is 42.6 Å². The second-order valence-corrected chi connectivity index (χ2v) is 4.68. The summed E-state index contributed by atoms with van der Waals surface area (Å²) in [7, 11) is 0. The van der Waals surface area contributed by atoms with Gasteiger partial charge in [-0.15, -0.1) is 0 Å². The fraction of sp³-hybridized carbons (Fsp3) is 0. The maximum Gasteiger partial charge on any atom is 0.258 e. The molecule has 0 fully saturated rings. The number of pyridine rings is 1. The van der Waals surface area contributed by atoms with E-state index < -0.39 is 34.7 Å². The molecule has 7 heteroatoms. The molecule has 0 aliphatic heterocycles. The fourth-order valence-corrected chi connectivity index (χ4v) is 2.14. The molecule has 3 aromatic rings. The van der Waals surface area contributed by atoms with E-state index in [0.29, 0.717) is 17.0 Å². The van der Waals surface area contributed by atoms with Gasteiger partial charge in [-0.1, -0.05) is 6.07 Å². The highest BCUT2D eigenvalue weighted by Gasteiger charge is 2.23. The summed E-state index contributed by atoms with van der Waals surface area (Å²) >= 11 is 0. The van der Waals surface area contributed by atoms with E-state index in [1.807, 2.05) is 0 Å². The average molecular weight is 320 g/mol. The predicted octanol–water partition coefficient (Wildman–Crippen LogP) is 4.04. The van der Waals surface area contributed by atoms with E-state index in [4.69, 9.17) is 0 Å². The highest BCUT2D eigenvalue weighted by molar-refractivity contribution is 6.08. The Hall–Kier alpha value is -2.96. The van der Waals surface area contributed by atoms with Gasteiger partial charge in [0.1, 0.15) is 0 Å². The van der Waals surface area contributed by atoms with Crippen molar-refractivity contribution in [1.29, 1.82) is 0 Å². The number of benzene rings is 2. The zero-order chi connectivity index (χ0) is 16.6. The maximum atomic E-state index is 13.7. The molecule has 0 atom stereocenters. The third kappa shape index (κ3) is 2.61. The summed E-state index contributed by atoms with van der Waals surface area (Å²) < 4.78 is 53.0. The van der Waals surface area contributed by atoms with Crippen LogP contribution in [0.5, 0.6) is 0 Å². The molecule has 3 rings (SSSR count). The minimum Gasteiger partial charge on any atom is -0.321 e. The van der Waals surface area contributed by atoms with Crippen LogP contribution in [0.1, 0.15) is 10.4 Å². The number of aromatic nitrogens is 1. The largest absolute Gasteiger partial charge is 0.321 e. The van der Waals surface area contributed by atoms with Gasteiger partial charge in [-0.2, -0.15) is 0 Å². The van der Waals surface area contributed by atoms with E-state index >= 15 is 0 Å². The van der Waals surface area contributed by atoms with Crippen LogP contribution < -0.4 is 5.32 Å². The third-order valence-corrected chi connectivity index (χ3v) is 3.24. The number of hydrogen-bond acceptors (Lipinski definition) is 2. The lowest BCUT2D eigenvalue weighted by Crippen LogP contribution is -2.16. The molecule has 2 aromatic carbocycles. The molecule has 1 N–H and O–H groups in total. The second-order valence-electron chi connectivity index (χ2n) is 4.68. The van der Waals surface area contributed by atoms with Crippen LogP contribution in [0.2, 0.25) is 0 Å². The van der Waals surface area contributed by atoms with Crippen molar-refractivity contribution in [1.82, 2.24) is 4.98 Å². The molecule has 0 aliphatic carbocycles. The van der Waals surface area contributed by atoms with Crippen molar-refractivity contribution in [2.24, 2.45) is 0 Å². The van der Waals surface area contributed by atoms with Crippen LogP contribution in [-0.2, 0) is 0 Å². The first-order valence-corrected chi connectivity index (χ1v) is 6.47. The summed E-state index contributed by atoms with van der Waals surface area (Å²) in [5.74, 6) is -8.49. The van der Waals surface area contributed by atoms with Gasteiger partial charge in [0.2, 0.25) is 0 Å². The van der Waals surface area contributed by atoms with Crippen molar-refractivity contribution in [3.05, 3.63) is 71.4 Å². The minimum absolute atomic E-state index is 0.283. The number of amides is 1. The molecular formula is C16H8F4N2O. The van der Waals surface area contributed by atoms with Gasteiger partial charge in [0, 0.05) is 11.6 Å². The Bertz CT molecular complexity index is 922. The zero-order valence-corrected chi connectivity index (χ0v) is 11.4. The molecular weight excluding hydrogens is 312 g/mol. The Balaban J connectivity index is 2.02. The average Bonchev–Trinajstić information content (AvgIpc) is 2.56. The summed E-state index contributed by atoms with van der Waals surface area (Å²) in [6.45, 7) is 0. The lowest BCUT2D eigenvalue weighted by Gasteiger charge is -2.09. The van der Waals surface area contributed by atoms with Crippen LogP contribution >= 0.6 is 0 Å². The summed E-state index contributed by atoms with van der Waals surface area (Å²) in [6, 6.07) is 8.44. The lowest BCUT2D eigenvalue weighted by molar-refractivity contribution is 0.102. The Kier molecular flexibility index (Phi) is 3.69. The number of carbonyl (C=O) groups is 1. The Morgan fingerprint density at radius 3 is 2.52 bits per heavy atom. The van der Waals surface area contributed by atoms with Crippen molar-refractivity contribution in [3.63, 3.8) is 0 Å². The van der Waals surface area contributed by atoms with Gasteiger partial charge in [-0.3, -0.25) is 9.78 Å². The first kappa shape index (κ1) is 15.0. The second kappa shape index (κ2) is 5.68. The third-order valence-electron chi connectivity index (χ3n) is 3.24. The smallest absolute Gasteiger partial charge is 0.258 e. The molecule has 0 radical (unpaired) electrons. The van der Waals surface area contributed by atoms with E-state index in [1.165, 1.54) is 6.07 Å². The summed E-state index contributed by atoms with van der Waals surface area (Å²) in [5.41, 5.74) is -0.0744. The number of halogens is 4. The number of fused-ring (bicyclic) bond motifs is 1. The van der Waals surface area contributed by atoms with E-state index in [-0.39, 0.29) is 5.69 Å². The van der Waals surface area contributed by atoms with Gasteiger partial charge in [-0.05, 0) is 30.3 Å². The quantitative estimate of drug-likeness (QED) is 0.440. The van der Waals surface area contributed by atoms with E-state index in [9.17, 15) is 22.4 Å². The number of anilines is 1. The van der Waals surface area contributed by atoms with Crippen molar-refractivity contribution >= 4 is 22.5 Å². The number of nitrogens with zero attached hydrogens (tertiary/aromatic N) is 1. The Morgan fingerprint density at radius 1 is 0.957 bits per heavy atom. The number of rotatable bonds is 2. The molecule has 1 amide bonds. The lowest BCUT2D eigenvalue weighted by atomic mass is 10.1. The van der Waals surface area contributed by atoms with Crippen LogP contribution in [-0.4, -0.2) is 10.9 Å². The molecule has 0 saturated heterocycles. The zero-order valence-electron chi connectivity index (χ0n) is 11.4. The molecule has 0 aliphatic rings. The predicted molar refractivity (Wildman–Crippen MR) is 76.0 cm³/mol. The summed E-state index contributed by atoms with van der Waals surface area (Å²) in [6.07, 6.45) is 1.55. The van der Waals surface area contributed by atoms with Crippen molar-refractivity contribution in [2.75, 3.05) is 5.32 Å². The van der Waals surface area contributed by atoms with E-state index in [1.54, 1.807) is 30.5 Å². The maximum absolute atomic E-state index is 13.7. The van der Waals surface area contributed by atoms with Gasteiger partial charge in [0.15, 0.2) is 23.3 Å². The number of carbonyl (C=O) groups excluding carboxylic acids is 1. The molecule has 0 bridgehead atoms. The van der Waals surface area contributed by atoms with Gasteiger partial charge in [0.05, 0.1) is 16.8 Å². The first-order valence-electron chi connectivity index (χ1n) is 6.47. The van der Waals surface area contributed by atoms with Gasteiger partial charge >= 0.3 is 0 Å². The van der Waals surface area contributed by atoms with E-state index in [0.717, 1.165) is 0 Å². The molecule has 1 heterocycles. The standard InChI is InChI=1S/C16H8F4N2O/c17-10-7-9(13(18)15(20)14(10)19)16(23)22-12-5-1-4-11-8(12)3-2-6-21-11/h1-7H,(H,22,23). The molecule has 116 valence electrons. The molecule has 23 heavy (non-hydrogen) atoms. The molecule has 0 saturated carbocycles. The van der Waals surface area contributed by atoms with Gasteiger partial charge in [-0.25, -0.2) is 17.6 Å². The molecule has 3 nitrogen and oxygen atoms in total. The van der Waals surface area contributed by atoms with Crippen molar-refractivity contribution in [3.8, 4) is 0 Å². The van der Waals surface area contributed by atoms with Crippen molar-refractivity contribution in [2.45, 2.75) is 0 Å². The highest BCUT2D eigenvalue weighted by atomic mass is 19.2. The summed E-state index contributed by atoms with van der Waals surface area (Å²) in [4.78, 5) is 16.2. The number of hydrogen-bond donors (Lipinski definition) is 1. The molecule has 1 aromatic heterocycles. The fourth-order valence-electron chi connectivity index (χ4n) is 2.14.